The fourth-order valence-electron chi connectivity index (χ4n) is 1.02. The van der Waals surface area contributed by atoms with Gasteiger partial charge < -0.3 is 9.64 Å². The molecule has 0 atom stereocenters. The zero-order valence-corrected chi connectivity index (χ0v) is 10.2. The van der Waals surface area contributed by atoms with Crippen molar-refractivity contribution in [2.24, 2.45) is 0 Å². The summed E-state index contributed by atoms with van der Waals surface area (Å²) in [6.07, 6.45) is 2.38. The third-order valence-electron chi connectivity index (χ3n) is 1.75. The summed E-state index contributed by atoms with van der Waals surface area (Å²) in [5, 5.41) is 0. The molecule has 0 unspecified atom stereocenters. The predicted molar refractivity (Wildman–Crippen MR) is 62.2 cm³/mol. The molecule has 0 aliphatic rings. The van der Waals surface area contributed by atoms with E-state index in [-0.39, 0.29) is 12.5 Å². The molecule has 3 nitrogen and oxygen atoms in total. The van der Waals surface area contributed by atoms with Crippen LogP contribution in [0.3, 0.4) is 0 Å². The fraction of sp³-hybridized carbons (Fsp3) is 0.583. The van der Waals surface area contributed by atoms with Crippen molar-refractivity contribution in [1.82, 2.24) is 4.90 Å². The molecule has 0 fully saturated rings. The van der Waals surface area contributed by atoms with Crippen molar-refractivity contribution in [2.75, 3.05) is 6.54 Å². The molecule has 0 N–H and O–H groups in total. The lowest BCUT2D eigenvalue weighted by molar-refractivity contribution is -0.155. The largest absolute Gasteiger partial charge is 0.459 e. The third-order valence-corrected chi connectivity index (χ3v) is 1.75. The zero-order valence-electron chi connectivity index (χ0n) is 10.2. The molecule has 3 heteroatoms. The summed E-state index contributed by atoms with van der Waals surface area (Å²) >= 11 is 0. The fourth-order valence-corrected chi connectivity index (χ4v) is 1.02. The molecule has 0 amide bonds. The van der Waals surface area contributed by atoms with Crippen molar-refractivity contribution in [3.63, 3.8) is 0 Å². The van der Waals surface area contributed by atoms with Gasteiger partial charge in [-0.05, 0) is 33.4 Å². The van der Waals surface area contributed by atoms with Gasteiger partial charge in [-0.3, -0.25) is 4.79 Å². The number of nitrogens with zero attached hydrogens (tertiary/aromatic N) is 1. The van der Waals surface area contributed by atoms with Gasteiger partial charge >= 0.3 is 5.97 Å². The van der Waals surface area contributed by atoms with Crippen LogP contribution in [0.15, 0.2) is 25.1 Å². The van der Waals surface area contributed by atoms with Crippen LogP contribution in [0.4, 0.5) is 0 Å². The highest BCUT2D eigenvalue weighted by atomic mass is 16.6. The number of ether oxygens (including phenoxy) is 1. The van der Waals surface area contributed by atoms with E-state index in [2.05, 4.69) is 13.2 Å². The number of esters is 1. The number of rotatable bonds is 5. The first-order valence-corrected chi connectivity index (χ1v) is 5.09. The monoisotopic (exact) mass is 211 g/mol. The predicted octanol–water partition coefficient (Wildman–Crippen LogP) is 2.70. The molecule has 0 aliphatic carbocycles. The van der Waals surface area contributed by atoms with Crippen LogP contribution in [-0.2, 0) is 9.53 Å². The molecule has 0 radical (unpaired) electrons. The summed E-state index contributed by atoms with van der Waals surface area (Å²) < 4.78 is 5.20. The SMILES string of the molecule is C=CN(CC(=O)OC(C)(C)C)C(=C)CC. The highest BCUT2D eigenvalue weighted by Gasteiger charge is 2.18. The molecule has 0 spiro atoms. The molecular formula is C12H21NO2. The lowest BCUT2D eigenvalue weighted by atomic mass is 10.2. The summed E-state index contributed by atoms with van der Waals surface area (Å²) in [5.41, 5.74) is 0.410. The number of carbonyl (C=O) groups excluding carboxylic acids is 1. The topological polar surface area (TPSA) is 29.5 Å². The first-order chi connectivity index (χ1) is 6.80. The van der Waals surface area contributed by atoms with Crippen molar-refractivity contribution in [3.05, 3.63) is 25.1 Å². The molecule has 0 aromatic carbocycles. The summed E-state index contributed by atoms with van der Waals surface area (Å²) in [6, 6.07) is 0. The maximum absolute atomic E-state index is 11.5. The third kappa shape index (κ3) is 5.94. The Hall–Kier alpha value is -1.25. The second-order valence-corrected chi connectivity index (χ2v) is 4.32. The number of hydrogen-bond donors (Lipinski definition) is 0. The van der Waals surface area contributed by atoms with E-state index < -0.39 is 5.60 Å². The zero-order chi connectivity index (χ0) is 12.1. The van der Waals surface area contributed by atoms with Gasteiger partial charge in [-0.1, -0.05) is 20.1 Å². The van der Waals surface area contributed by atoms with Crippen molar-refractivity contribution < 1.29 is 9.53 Å². The van der Waals surface area contributed by atoms with E-state index in [0.717, 1.165) is 12.1 Å². The molecule has 0 aromatic rings. The van der Waals surface area contributed by atoms with E-state index in [1.165, 1.54) is 0 Å². The molecule has 0 bridgehead atoms. The van der Waals surface area contributed by atoms with Crippen LogP contribution in [0.5, 0.6) is 0 Å². The Bertz CT molecular complexity index is 251. The van der Waals surface area contributed by atoms with Gasteiger partial charge in [0.15, 0.2) is 0 Å². The van der Waals surface area contributed by atoms with E-state index in [1.54, 1.807) is 11.1 Å². The summed E-state index contributed by atoms with van der Waals surface area (Å²) in [7, 11) is 0. The first-order valence-electron chi connectivity index (χ1n) is 5.09. The Balaban J connectivity index is 4.26. The Morgan fingerprint density at radius 3 is 2.33 bits per heavy atom. The minimum Gasteiger partial charge on any atom is -0.459 e. The number of carbonyl (C=O) groups is 1. The molecule has 0 saturated heterocycles. The molecular weight excluding hydrogens is 190 g/mol. The lowest BCUT2D eigenvalue weighted by Gasteiger charge is -2.24. The van der Waals surface area contributed by atoms with Gasteiger partial charge in [0, 0.05) is 5.70 Å². The van der Waals surface area contributed by atoms with Crippen molar-refractivity contribution in [2.45, 2.75) is 39.7 Å². The van der Waals surface area contributed by atoms with E-state index in [1.807, 2.05) is 27.7 Å². The smallest absolute Gasteiger partial charge is 0.326 e. The average molecular weight is 211 g/mol. The summed E-state index contributed by atoms with van der Waals surface area (Å²) in [5.74, 6) is -0.267. The number of hydrogen-bond acceptors (Lipinski definition) is 3. The van der Waals surface area contributed by atoms with Crippen molar-refractivity contribution in [1.29, 1.82) is 0 Å². The van der Waals surface area contributed by atoms with Gasteiger partial charge in [-0.15, -0.1) is 0 Å². The van der Waals surface area contributed by atoms with E-state index in [0.29, 0.717) is 0 Å². The Kier molecular flexibility index (Phi) is 5.12. The van der Waals surface area contributed by atoms with Crippen molar-refractivity contribution >= 4 is 5.97 Å². The standard InChI is InChI=1S/C12H21NO2/c1-7-10(3)13(8-2)9-11(14)15-12(4,5)6/h8H,2-3,7,9H2,1,4-6H3. The van der Waals surface area contributed by atoms with E-state index >= 15 is 0 Å². The molecule has 0 saturated carbocycles. The van der Waals surface area contributed by atoms with Crippen LogP contribution in [0.2, 0.25) is 0 Å². The second-order valence-electron chi connectivity index (χ2n) is 4.32. The van der Waals surface area contributed by atoms with Crippen LogP contribution in [0.25, 0.3) is 0 Å². The molecule has 0 rings (SSSR count). The molecule has 0 heterocycles. The summed E-state index contributed by atoms with van der Waals surface area (Å²) in [4.78, 5) is 13.2. The van der Waals surface area contributed by atoms with Crippen molar-refractivity contribution in [3.8, 4) is 0 Å². The van der Waals surface area contributed by atoms with Crippen LogP contribution in [0, 0.1) is 0 Å². The first kappa shape index (κ1) is 13.8. The second kappa shape index (κ2) is 5.59. The van der Waals surface area contributed by atoms with E-state index in [9.17, 15) is 4.79 Å². The maximum atomic E-state index is 11.5. The minimum atomic E-state index is -0.447. The Labute approximate surface area is 92.4 Å². The molecule has 15 heavy (non-hydrogen) atoms. The van der Waals surface area contributed by atoms with Crippen LogP contribution < -0.4 is 0 Å². The molecule has 0 aromatic heterocycles. The lowest BCUT2D eigenvalue weighted by Crippen LogP contribution is -2.31. The van der Waals surface area contributed by atoms with Crippen LogP contribution >= 0.6 is 0 Å². The molecule has 0 aliphatic heterocycles. The maximum Gasteiger partial charge on any atom is 0.326 e. The number of allylic oxidation sites excluding steroid dienone is 1. The normalized spacial score (nSPS) is 10.7. The van der Waals surface area contributed by atoms with Gasteiger partial charge in [0.2, 0.25) is 0 Å². The van der Waals surface area contributed by atoms with Gasteiger partial charge in [0.1, 0.15) is 12.1 Å². The average Bonchev–Trinajstić information content (AvgIpc) is 2.10. The minimum absolute atomic E-state index is 0.174. The van der Waals surface area contributed by atoms with Gasteiger partial charge in [-0.25, -0.2) is 0 Å². The quantitative estimate of drug-likeness (QED) is 0.655. The Morgan fingerprint density at radius 1 is 1.47 bits per heavy atom. The highest BCUT2D eigenvalue weighted by Crippen LogP contribution is 2.10. The highest BCUT2D eigenvalue weighted by molar-refractivity contribution is 5.72. The van der Waals surface area contributed by atoms with Gasteiger partial charge in [-0.2, -0.15) is 0 Å². The van der Waals surface area contributed by atoms with Crippen LogP contribution in [-0.4, -0.2) is 23.0 Å². The summed E-state index contributed by atoms with van der Waals surface area (Å²) in [6.45, 7) is 15.2. The van der Waals surface area contributed by atoms with E-state index in [4.69, 9.17) is 4.74 Å². The molecule has 86 valence electrons. The van der Waals surface area contributed by atoms with Crippen LogP contribution in [0.1, 0.15) is 34.1 Å². The van der Waals surface area contributed by atoms with Gasteiger partial charge in [0.05, 0.1) is 0 Å². The van der Waals surface area contributed by atoms with Gasteiger partial charge in [0.25, 0.3) is 0 Å². The Morgan fingerprint density at radius 2 is 2.00 bits per heavy atom.